The normalized spacial score (nSPS) is 16.7. The smallest absolute Gasteiger partial charge is 0.303 e. The first-order chi connectivity index (χ1) is 10.1. The summed E-state index contributed by atoms with van der Waals surface area (Å²) in [5.74, 6) is -0.644. The zero-order valence-electron chi connectivity index (χ0n) is 11.8. The van der Waals surface area contributed by atoms with Crippen LogP contribution in [0, 0.1) is 6.92 Å². The van der Waals surface area contributed by atoms with Crippen molar-refractivity contribution in [3.8, 4) is 0 Å². The van der Waals surface area contributed by atoms with Crippen LogP contribution in [0.3, 0.4) is 0 Å². The number of carboxylic acids is 1. The molecule has 0 saturated heterocycles. The van der Waals surface area contributed by atoms with Crippen molar-refractivity contribution in [3.05, 3.63) is 56.8 Å². The summed E-state index contributed by atoms with van der Waals surface area (Å²) in [5.41, 5.74) is 2.58. The molecule has 1 N–H and O–H groups in total. The lowest BCUT2D eigenvalue weighted by Crippen LogP contribution is -2.04. The minimum absolute atomic E-state index is 0.0570. The second-order valence-electron chi connectivity index (χ2n) is 5.40. The Morgan fingerprint density at radius 2 is 2.00 bits per heavy atom. The number of benzene rings is 1. The van der Waals surface area contributed by atoms with Crippen molar-refractivity contribution in [2.45, 2.75) is 32.1 Å². The molecule has 1 aliphatic rings. The minimum Gasteiger partial charge on any atom is -0.481 e. The molecule has 21 heavy (non-hydrogen) atoms. The molecule has 1 atom stereocenters. The molecule has 1 aromatic heterocycles. The monoisotopic (exact) mass is 300 g/mol. The summed E-state index contributed by atoms with van der Waals surface area (Å²) in [5, 5.41) is 9.00. The second-order valence-corrected chi connectivity index (χ2v) is 6.66. The van der Waals surface area contributed by atoms with E-state index in [2.05, 4.69) is 0 Å². The van der Waals surface area contributed by atoms with Gasteiger partial charge in [-0.15, -0.1) is 11.3 Å². The molecule has 3 nitrogen and oxygen atoms in total. The first-order valence-corrected chi connectivity index (χ1v) is 7.83. The summed E-state index contributed by atoms with van der Waals surface area (Å²) >= 11 is 1.59. The number of aryl methyl sites for hydroxylation is 1. The lowest BCUT2D eigenvalue weighted by atomic mass is 9.99. The Bertz CT molecular complexity index is 700. The Hall–Kier alpha value is -1.94. The van der Waals surface area contributed by atoms with Gasteiger partial charge in [-0.05, 0) is 25.3 Å². The molecule has 0 bridgehead atoms. The zero-order chi connectivity index (χ0) is 15.0. The van der Waals surface area contributed by atoms with Gasteiger partial charge in [-0.2, -0.15) is 0 Å². The van der Waals surface area contributed by atoms with Gasteiger partial charge in [-0.3, -0.25) is 9.59 Å². The Labute approximate surface area is 127 Å². The molecule has 2 aromatic rings. The van der Waals surface area contributed by atoms with Crippen LogP contribution in [-0.2, 0) is 11.2 Å². The number of carbonyl (C=O) groups is 2. The van der Waals surface area contributed by atoms with Gasteiger partial charge in [0.1, 0.15) is 0 Å². The number of hydrogen-bond acceptors (Lipinski definition) is 3. The maximum absolute atomic E-state index is 12.7. The lowest BCUT2D eigenvalue weighted by molar-refractivity contribution is -0.137. The Kier molecular flexibility index (Phi) is 3.64. The van der Waals surface area contributed by atoms with Crippen molar-refractivity contribution in [1.29, 1.82) is 0 Å². The molecule has 0 radical (unpaired) electrons. The molecule has 0 saturated carbocycles. The molecule has 0 spiro atoms. The van der Waals surface area contributed by atoms with E-state index in [1.54, 1.807) is 11.3 Å². The van der Waals surface area contributed by atoms with Crippen LogP contribution in [0.4, 0.5) is 0 Å². The Morgan fingerprint density at radius 3 is 2.67 bits per heavy atom. The predicted molar refractivity (Wildman–Crippen MR) is 82.2 cm³/mol. The molecule has 0 fully saturated rings. The van der Waals surface area contributed by atoms with Crippen molar-refractivity contribution >= 4 is 23.1 Å². The first-order valence-electron chi connectivity index (χ1n) is 7.01. The minimum atomic E-state index is -0.769. The average molecular weight is 300 g/mol. The van der Waals surface area contributed by atoms with Crippen molar-refractivity contribution in [2.24, 2.45) is 0 Å². The van der Waals surface area contributed by atoms with Crippen molar-refractivity contribution in [3.63, 3.8) is 0 Å². The fraction of sp³-hybridized carbons (Fsp3) is 0.294. The summed E-state index contributed by atoms with van der Waals surface area (Å²) in [6, 6.07) is 9.28. The summed E-state index contributed by atoms with van der Waals surface area (Å²) in [6.07, 6.45) is 1.81. The number of ketones is 1. The Balaban J connectivity index is 1.99. The molecule has 3 rings (SSSR count). The summed E-state index contributed by atoms with van der Waals surface area (Å²) < 4.78 is 0. The van der Waals surface area contributed by atoms with Crippen molar-refractivity contribution < 1.29 is 14.7 Å². The number of hydrogen-bond donors (Lipinski definition) is 1. The largest absolute Gasteiger partial charge is 0.481 e. The van der Waals surface area contributed by atoms with Gasteiger partial charge in [0.25, 0.3) is 0 Å². The van der Waals surface area contributed by atoms with E-state index in [4.69, 9.17) is 5.11 Å². The molecule has 1 unspecified atom stereocenters. The highest BCUT2D eigenvalue weighted by Crippen LogP contribution is 2.44. The van der Waals surface area contributed by atoms with Crippen LogP contribution in [0.2, 0.25) is 0 Å². The molecule has 1 heterocycles. The van der Waals surface area contributed by atoms with Gasteiger partial charge in [0.2, 0.25) is 0 Å². The fourth-order valence-corrected chi connectivity index (χ4v) is 4.42. The molecule has 108 valence electrons. The second kappa shape index (κ2) is 5.45. The van der Waals surface area contributed by atoms with Crippen LogP contribution in [0.15, 0.2) is 30.3 Å². The highest BCUT2D eigenvalue weighted by atomic mass is 32.1. The van der Waals surface area contributed by atoms with Crippen molar-refractivity contribution in [2.75, 3.05) is 0 Å². The van der Waals surface area contributed by atoms with E-state index in [0.717, 1.165) is 33.7 Å². The molecule has 1 aliphatic carbocycles. The number of rotatable bonds is 4. The summed E-state index contributed by atoms with van der Waals surface area (Å²) in [6.45, 7) is 1.96. The van der Waals surface area contributed by atoms with Crippen LogP contribution in [0.1, 0.15) is 50.0 Å². The standard InChI is InChI=1S/C17H16O3S/c1-10-15(16(20)11-5-3-2-4-6-11)13-8-7-12(9-14(18)19)17(13)21-10/h2-6,12H,7-9H2,1H3,(H,18,19). The van der Waals surface area contributed by atoms with Crippen LogP contribution in [0.5, 0.6) is 0 Å². The quantitative estimate of drug-likeness (QED) is 0.874. The summed E-state index contributed by atoms with van der Waals surface area (Å²) in [7, 11) is 0. The highest BCUT2D eigenvalue weighted by molar-refractivity contribution is 7.12. The highest BCUT2D eigenvalue weighted by Gasteiger charge is 2.32. The third-order valence-corrected chi connectivity index (χ3v) is 5.32. The zero-order valence-corrected chi connectivity index (χ0v) is 12.6. The molecule has 4 heteroatoms. The molecule has 0 amide bonds. The van der Waals surface area contributed by atoms with Gasteiger partial charge >= 0.3 is 5.97 Å². The lowest BCUT2D eigenvalue weighted by Gasteiger charge is -2.04. The van der Waals surface area contributed by atoms with Crippen molar-refractivity contribution in [1.82, 2.24) is 0 Å². The Morgan fingerprint density at radius 1 is 1.29 bits per heavy atom. The van der Waals surface area contributed by atoms with Gasteiger partial charge in [0.15, 0.2) is 5.78 Å². The SMILES string of the molecule is Cc1sc2c(c1C(=O)c1ccccc1)CCC2CC(=O)O. The van der Waals surface area contributed by atoms with E-state index in [-0.39, 0.29) is 18.1 Å². The summed E-state index contributed by atoms with van der Waals surface area (Å²) in [4.78, 5) is 25.8. The molecule has 0 aliphatic heterocycles. The van der Waals surface area contributed by atoms with Crippen LogP contribution in [-0.4, -0.2) is 16.9 Å². The number of carbonyl (C=O) groups excluding carboxylic acids is 1. The number of carboxylic acid groups (broad SMARTS) is 1. The van der Waals surface area contributed by atoms with E-state index in [9.17, 15) is 9.59 Å². The van der Waals surface area contributed by atoms with E-state index < -0.39 is 5.97 Å². The maximum atomic E-state index is 12.7. The van der Waals surface area contributed by atoms with Gasteiger partial charge in [0.05, 0.1) is 6.42 Å². The molecular formula is C17H16O3S. The topological polar surface area (TPSA) is 54.4 Å². The van der Waals surface area contributed by atoms with E-state index in [0.29, 0.717) is 5.56 Å². The number of aliphatic carboxylic acids is 1. The van der Waals surface area contributed by atoms with Gasteiger partial charge in [-0.25, -0.2) is 0 Å². The number of fused-ring (bicyclic) bond motifs is 1. The van der Waals surface area contributed by atoms with Crippen LogP contribution >= 0.6 is 11.3 Å². The molecule has 1 aromatic carbocycles. The fourth-order valence-electron chi connectivity index (χ4n) is 3.08. The predicted octanol–water partition coefficient (Wildman–Crippen LogP) is 3.79. The van der Waals surface area contributed by atoms with E-state index in [1.807, 2.05) is 37.3 Å². The van der Waals surface area contributed by atoms with E-state index >= 15 is 0 Å². The van der Waals surface area contributed by atoms with E-state index in [1.165, 1.54) is 0 Å². The number of thiophene rings is 1. The molecular weight excluding hydrogens is 284 g/mol. The van der Waals surface area contributed by atoms with Gasteiger partial charge < -0.3 is 5.11 Å². The van der Waals surface area contributed by atoms with Gasteiger partial charge in [-0.1, -0.05) is 30.3 Å². The first kappa shape index (κ1) is 14.0. The third-order valence-electron chi connectivity index (χ3n) is 4.01. The van der Waals surface area contributed by atoms with Gasteiger partial charge in [0, 0.05) is 26.8 Å². The average Bonchev–Trinajstić information content (AvgIpc) is 2.98. The van der Waals surface area contributed by atoms with Crippen LogP contribution in [0.25, 0.3) is 0 Å². The maximum Gasteiger partial charge on any atom is 0.303 e. The third kappa shape index (κ3) is 2.51. The van der Waals surface area contributed by atoms with Crippen LogP contribution < -0.4 is 0 Å².